The summed E-state index contributed by atoms with van der Waals surface area (Å²) in [4.78, 5) is 14.6. The van der Waals surface area contributed by atoms with Crippen LogP contribution in [0.25, 0.3) is 33.1 Å². The summed E-state index contributed by atoms with van der Waals surface area (Å²) < 4.78 is 5.77. The molecule has 0 saturated heterocycles. The van der Waals surface area contributed by atoms with Crippen LogP contribution in [0.15, 0.2) is 72.8 Å². The largest absolute Gasteiger partial charge is 0.368 e. The lowest BCUT2D eigenvalue weighted by Gasteiger charge is -2.26. The van der Waals surface area contributed by atoms with E-state index >= 15 is 0 Å². The smallest absolute Gasteiger partial charge is 0.239 e. The van der Waals surface area contributed by atoms with Gasteiger partial charge in [-0.15, -0.1) is 0 Å². The number of nitrogens with zero attached hydrogens (tertiary/aromatic N) is 6. The van der Waals surface area contributed by atoms with Crippen LogP contribution in [0.1, 0.15) is 17.5 Å². The first-order valence-electron chi connectivity index (χ1n) is 10.5. The molecule has 0 spiro atoms. The predicted molar refractivity (Wildman–Crippen MR) is 124 cm³/mol. The summed E-state index contributed by atoms with van der Waals surface area (Å²) >= 11 is 0. The van der Waals surface area contributed by atoms with E-state index in [9.17, 15) is 5.11 Å². The van der Waals surface area contributed by atoms with Crippen molar-refractivity contribution in [2.75, 3.05) is 0 Å². The number of rotatable bonds is 3. The standard InChI is InChI=1S/C25H22N6O/c1-29-19-13-7-4-10-16(19)26-22(29)25(32,23-27-17-11-5-8-14-20(17)30(23)2)24-28-18-12-6-9-15-21(18)31(24)3/h4-15,32H,1-3H3. The molecule has 0 saturated carbocycles. The van der Waals surface area contributed by atoms with E-state index in [1.807, 2.05) is 108 Å². The van der Waals surface area contributed by atoms with E-state index < -0.39 is 5.60 Å². The van der Waals surface area contributed by atoms with Crippen LogP contribution < -0.4 is 0 Å². The fourth-order valence-corrected chi connectivity index (χ4v) is 4.71. The maximum atomic E-state index is 12.6. The van der Waals surface area contributed by atoms with Gasteiger partial charge in [0.25, 0.3) is 0 Å². The summed E-state index contributed by atoms with van der Waals surface area (Å²) in [6.45, 7) is 0. The third-order valence-corrected chi connectivity index (χ3v) is 6.33. The third kappa shape index (κ3) is 2.37. The third-order valence-electron chi connectivity index (χ3n) is 6.33. The first kappa shape index (κ1) is 18.8. The van der Waals surface area contributed by atoms with Gasteiger partial charge in [-0.1, -0.05) is 36.4 Å². The number of benzene rings is 3. The Bertz CT molecular complexity index is 1440. The molecule has 3 heterocycles. The lowest BCUT2D eigenvalue weighted by Crippen LogP contribution is -2.37. The Balaban J connectivity index is 1.76. The van der Waals surface area contributed by atoms with Gasteiger partial charge in [0.05, 0.1) is 33.1 Å². The molecule has 0 bridgehead atoms. The van der Waals surface area contributed by atoms with Crippen LogP contribution in [-0.4, -0.2) is 33.8 Å². The second kappa shape index (κ2) is 6.51. The van der Waals surface area contributed by atoms with Gasteiger partial charge >= 0.3 is 0 Å². The average molecular weight is 422 g/mol. The van der Waals surface area contributed by atoms with Crippen molar-refractivity contribution in [2.45, 2.75) is 5.60 Å². The van der Waals surface area contributed by atoms with Crippen LogP contribution in [0.5, 0.6) is 0 Å². The zero-order chi connectivity index (χ0) is 22.0. The van der Waals surface area contributed by atoms with Crippen molar-refractivity contribution >= 4 is 33.1 Å². The number of aryl methyl sites for hydroxylation is 3. The highest BCUT2D eigenvalue weighted by Gasteiger charge is 2.46. The lowest BCUT2D eigenvalue weighted by molar-refractivity contribution is 0.0883. The maximum absolute atomic E-state index is 12.6. The van der Waals surface area contributed by atoms with Crippen molar-refractivity contribution in [3.63, 3.8) is 0 Å². The summed E-state index contributed by atoms with van der Waals surface area (Å²) in [5.41, 5.74) is 3.52. The molecule has 0 fully saturated rings. The average Bonchev–Trinajstić information content (AvgIpc) is 3.46. The van der Waals surface area contributed by atoms with Crippen LogP contribution >= 0.6 is 0 Å². The van der Waals surface area contributed by atoms with Gasteiger partial charge in [0.15, 0.2) is 17.5 Å². The topological polar surface area (TPSA) is 73.7 Å². The van der Waals surface area contributed by atoms with Crippen LogP contribution in [0.4, 0.5) is 0 Å². The molecule has 158 valence electrons. The zero-order valence-corrected chi connectivity index (χ0v) is 18.1. The molecule has 3 aromatic carbocycles. The molecule has 7 heteroatoms. The minimum Gasteiger partial charge on any atom is -0.368 e. The van der Waals surface area contributed by atoms with Crippen LogP contribution in [0.2, 0.25) is 0 Å². The van der Waals surface area contributed by atoms with Crippen LogP contribution in [0.3, 0.4) is 0 Å². The number of aromatic nitrogens is 6. The van der Waals surface area contributed by atoms with E-state index in [0.29, 0.717) is 17.5 Å². The molecule has 32 heavy (non-hydrogen) atoms. The molecule has 6 aromatic rings. The number of para-hydroxylation sites is 6. The van der Waals surface area contributed by atoms with E-state index in [1.165, 1.54) is 0 Å². The molecule has 6 rings (SSSR count). The van der Waals surface area contributed by atoms with Crippen molar-refractivity contribution in [2.24, 2.45) is 21.1 Å². The van der Waals surface area contributed by atoms with Gasteiger partial charge in [-0.25, -0.2) is 15.0 Å². The Kier molecular flexibility index (Phi) is 3.82. The predicted octanol–water partition coefficient (Wildman–Crippen LogP) is 3.63. The molecule has 0 radical (unpaired) electrons. The van der Waals surface area contributed by atoms with E-state index in [-0.39, 0.29) is 0 Å². The highest BCUT2D eigenvalue weighted by molar-refractivity contribution is 5.79. The molecule has 7 nitrogen and oxygen atoms in total. The number of imidazole rings is 3. The van der Waals surface area contributed by atoms with Gasteiger partial charge in [0.1, 0.15) is 0 Å². The Hall–Kier alpha value is -3.97. The molecule has 0 aliphatic carbocycles. The minimum atomic E-state index is -1.69. The SMILES string of the molecule is Cn1c(C(O)(c2nc3ccccc3n2C)c2nc3ccccc3n2C)nc2ccccc21. The lowest BCUT2D eigenvalue weighted by atomic mass is 10.0. The van der Waals surface area contributed by atoms with Crippen LogP contribution in [-0.2, 0) is 26.7 Å². The molecule has 0 amide bonds. The maximum Gasteiger partial charge on any atom is 0.239 e. The molecular weight excluding hydrogens is 400 g/mol. The molecule has 1 N–H and O–H groups in total. The van der Waals surface area contributed by atoms with E-state index in [1.54, 1.807) is 0 Å². The van der Waals surface area contributed by atoms with E-state index in [2.05, 4.69) is 0 Å². The van der Waals surface area contributed by atoms with Crippen molar-refractivity contribution in [1.82, 2.24) is 28.7 Å². The first-order valence-corrected chi connectivity index (χ1v) is 10.5. The van der Waals surface area contributed by atoms with E-state index in [0.717, 1.165) is 33.1 Å². The van der Waals surface area contributed by atoms with Gasteiger partial charge in [-0.05, 0) is 36.4 Å². The number of aliphatic hydroxyl groups is 1. The molecule has 3 aromatic heterocycles. The fourth-order valence-electron chi connectivity index (χ4n) is 4.71. The van der Waals surface area contributed by atoms with Gasteiger partial charge in [0.2, 0.25) is 5.60 Å². The van der Waals surface area contributed by atoms with Crippen molar-refractivity contribution < 1.29 is 5.11 Å². The molecule has 0 aliphatic heterocycles. The highest BCUT2D eigenvalue weighted by Crippen LogP contribution is 2.38. The fraction of sp³-hybridized carbons (Fsp3) is 0.160. The minimum absolute atomic E-state index is 0.468. The normalized spacial score (nSPS) is 12.4. The van der Waals surface area contributed by atoms with Gasteiger partial charge in [-0.3, -0.25) is 0 Å². The second-order valence-electron chi connectivity index (χ2n) is 8.16. The van der Waals surface area contributed by atoms with Gasteiger partial charge in [0, 0.05) is 21.1 Å². The first-order chi connectivity index (χ1) is 15.5. The Morgan fingerprint density at radius 3 is 1.09 bits per heavy atom. The Labute approximate surface area is 184 Å². The molecular formula is C25H22N6O. The highest BCUT2D eigenvalue weighted by atomic mass is 16.3. The Morgan fingerprint density at radius 1 is 0.531 bits per heavy atom. The van der Waals surface area contributed by atoms with Crippen molar-refractivity contribution in [3.05, 3.63) is 90.3 Å². The van der Waals surface area contributed by atoms with Crippen LogP contribution in [0, 0.1) is 0 Å². The monoisotopic (exact) mass is 422 g/mol. The molecule has 0 atom stereocenters. The quantitative estimate of drug-likeness (QED) is 0.473. The summed E-state index contributed by atoms with van der Waals surface area (Å²) in [6.07, 6.45) is 0. The van der Waals surface area contributed by atoms with Crippen molar-refractivity contribution in [1.29, 1.82) is 0 Å². The van der Waals surface area contributed by atoms with Crippen molar-refractivity contribution in [3.8, 4) is 0 Å². The van der Waals surface area contributed by atoms with E-state index in [4.69, 9.17) is 15.0 Å². The molecule has 0 unspecified atom stereocenters. The molecule has 0 aliphatic rings. The summed E-state index contributed by atoms with van der Waals surface area (Å²) in [5.74, 6) is 1.40. The van der Waals surface area contributed by atoms with Gasteiger partial charge in [-0.2, -0.15) is 0 Å². The number of hydrogen-bond donors (Lipinski definition) is 1. The second-order valence-corrected chi connectivity index (χ2v) is 8.16. The summed E-state index contributed by atoms with van der Waals surface area (Å²) in [5, 5.41) is 12.6. The summed E-state index contributed by atoms with van der Waals surface area (Å²) in [6, 6.07) is 23.6. The van der Waals surface area contributed by atoms with Gasteiger partial charge < -0.3 is 18.8 Å². The Morgan fingerprint density at radius 2 is 0.812 bits per heavy atom. The number of hydrogen-bond acceptors (Lipinski definition) is 4. The summed E-state index contributed by atoms with van der Waals surface area (Å²) in [7, 11) is 5.75. The number of fused-ring (bicyclic) bond motifs is 3. The zero-order valence-electron chi connectivity index (χ0n) is 18.1.